The number of hydrogen-bond donors (Lipinski definition) is 2. The molecule has 0 amide bonds. The Kier molecular flexibility index (Phi) is 6.46. The van der Waals surface area contributed by atoms with Crippen LogP contribution in [0.3, 0.4) is 0 Å². The summed E-state index contributed by atoms with van der Waals surface area (Å²) in [4.78, 5) is 23.3. The van der Waals surface area contributed by atoms with Crippen molar-refractivity contribution < 1.29 is 9.90 Å². The summed E-state index contributed by atoms with van der Waals surface area (Å²) < 4.78 is 0. The van der Waals surface area contributed by atoms with Gasteiger partial charge in [-0.2, -0.15) is 0 Å². The molecule has 3 aliphatic heterocycles. The fraction of sp³-hybridized carbons (Fsp3) is 0.393. The lowest BCUT2D eigenvalue weighted by molar-refractivity contribution is -0.144. The van der Waals surface area contributed by atoms with Crippen LogP contribution in [0.25, 0.3) is 5.57 Å². The van der Waals surface area contributed by atoms with Crippen molar-refractivity contribution in [2.24, 2.45) is 15.9 Å². The number of piperidine rings is 1. The van der Waals surface area contributed by atoms with E-state index in [1.807, 2.05) is 24.6 Å². The number of carboxylic acid groups (broad SMARTS) is 1. The third-order valence-corrected chi connectivity index (χ3v) is 7.19. The molecule has 4 aliphatic rings. The predicted octanol–water partition coefficient (Wildman–Crippen LogP) is 4.45. The zero-order valence-electron chi connectivity index (χ0n) is 19.5. The molecule has 3 atom stereocenters. The molecule has 0 bridgehead atoms. The molecule has 6 nitrogen and oxygen atoms in total. The Morgan fingerprint density at radius 3 is 3.06 bits per heavy atom. The molecular formula is C28H30N4O2. The van der Waals surface area contributed by atoms with Crippen molar-refractivity contribution in [2.45, 2.75) is 51.1 Å². The van der Waals surface area contributed by atoms with Gasteiger partial charge in [0.15, 0.2) is 0 Å². The van der Waals surface area contributed by atoms with Crippen LogP contribution in [-0.4, -0.2) is 53.2 Å². The zero-order valence-corrected chi connectivity index (χ0v) is 19.5. The van der Waals surface area contributed by atoms with E-state index in [0.29, 0.717) is 13.0 Å². The van der Waals surface area contributed by atoms with E-state index in [9.17, 15) is 9.90 Å². The number of rotatable bonds is 5. The standard InChI is InChI=1S/C28H30N4O2/c1-19-22(20-8-3-2-4-9-20)10-7-11-24(19)31-27-26-23(14-16-30-27)21(13-15-29-26)18-32-17-6-5-12-25(32)28(33)34/h7,9-11,13-16,23,25-26H,3,5-6,8,12,17-18H2,1H3,(H,30,31)(H,33,34). The summed E-state index contributed by atoms with van der Waals surface area (Å²) in [6, 6.07) is 5.76. The van der Waals surface area contributed by atoms with Crippen LogP contribution in [0.15, 0.2) is 58.2 Å². The first-order valence-corrected chi connectivity index (χ1v) is 12.1. The molecule has 2 N–H and O–H groups in total. The number of allylic oxidation sites excluding steroid dienone is 3. The molecule has 0 spiro atoms. The van der Waals surface area contributed by atoms with E-state index >= 15 is 0 Å². The topological polar surface area (TPSA) is 77.3 Å². The lowest BCUT2D eigenvalue weighted by Gasteiger charge is -2.37. The van der Waals surface area contributed by atoms with Crippen LogP contribution in [0, 0.1) is 24.7 Å². The van der Waals surface area contributed by atoms with Crippen molar-refractivity contribution in [2.75, 3.05) is 18.4 Å². The van der Waals surface area contributed by atoms with Gasteiger partial charge in [0.25, 0.3) is 0 Å². The molecule has 1 fully saturated rings. The number of carboxylic acids is 1. The maximum absolute atomic E-state index is 11.8. The van der Waals surface area contributed by atoms with Gasteiger partial charge < -0.3 is 10.4 Å². The van der Waals surface area contributed by atoms with Crippen molar-refractivity contribution in [1.29, 1.82) is 0 Å². The minimum atomic E-state index is -0.723. The molecule has 3 heterocycles. The number of amidine groups is 1. The fourth-order valence-electron chi connectivity index (χ4n) is 5.31. The van der Waals surface area contributed by atoms with Crippen molar-refractivity contribution >= 4 is 29.3 Å². The normalized spacial score (nSPS) is 25.9. The first-order valence-electron chi connectivity index (χ1n) is 12.1. The van der Waals surface area contributed by atoms with Crippen molar-refractivity contribution in [1.82, 2.24) is 4.90 Å². The molecule has 0 saturated carbocycles. The highest BCUT2D eigenvalue weighted by atomic mass is 16.4. The number of hydrogen-bond acceptors (Lipinski definition) is 5. The molecule has 1 saturated heterocycles. The van der Waals surface area contributed by atoms with Crippen LogP contribution in [-0.2, 0) is 4.79 Å². The zero-order chi connectivity index (χ0) is 23.5. The number of fused-ring (bicyclic) bond motifs is 1. The van der Waals surface area contributed by atoms with Crippen molar-refractivity contribution in [3.8, 4) is 11.8 Å². The van der Waals surface area contributed by atoms with Crippen LogP contribution in [0.5, 0.6) is 0 Å². The third-order valence-electron chi connectivity index (χ3n) is 7.19. The van der Waals surface area contributed by atoms with Crippen LogP contribution in [0.1, 0.15) is 43.2 Å². The van der Waals surface area contributed by atoms with Gasteiger partial charge in [0, 0.05) is 37.0 Å². The fourth-order valence-corrected chi connectivity index (χ4v) is 5.31. The summed E-state index contributed by atoms with van der Waals surface area (Å²) >= 11 is 0. The highest BCUT2D eigenvalue weighted by Gasteiger charge is 2.35. The van der Waals surface area contributed by atoms with Gasteiger partial charge in [-0.15, -0.1) is 0 Å². The quantitative estimate of drug-likeness (QED) is 0.645. The highest BCUT2D eigenvalue weighted by Crippen LogP contribution is 2.32. The average molecular weight is 455 g/mol. The van der Waals surface area contributed by atoms with E-state index in [-0.39, 0.29) is 12.0 Å². The molecule has 1 aromatic carbocycles. The number of carbonyl (C=O) groups is 1. The number of anilines is 1. The van der Waals surface area contributed by atoms with Crippen LogP contribution in [0.2, 0.25) is 0 Å². The molecule has 34 heavy (non-hydrogen) atoms. The van der Waals surface area contributed by atoms with Gasteiger partial charge in [-0.05, 0) is 73.2 Å². The molecule has 3 unspecified atom stereocenters. The Morgan fingerprint density at radius 1 is 1.32 bits per heavy atom. The number of benzene rings is 1. The predicted molar refractivity (Wildman–Crippen MR) is 137 cm³/mol. The van der Waals surface area contributed by atoms with Crippen LogP contribution in [0.4, 0.5) is 5.69 Å². The lowest BCUT2D eigenvalue weighted by Crippen LogP contribution is -2.47. The molecular weight excluding hydrogens is 424 g/mol. The maximum atomic E-state index is 11.8. The van der Waals surface area contributed by atoms with E-state index in [0.717, 1.165) is 43.8 Å². The Balaban J connectivity index is 1.34. The summed E-state index contributed by atoms with van der Waals surface area (Å²) in [5.74, 6) is 6.41. The average Bonchev–Trinajstić information content (AvgIpc) is 2.86. The third kappa shape index (κ3) is 4.49. The van der Waals surface area contributed by atoms with Crippen LogP contribution < -0.4 is 5.32 Å². The summed E-state index contributed by atoms with van der Waals surface area (Å²) in [6.07, 6.45) is 14.5. The molecule has 5 rings (SSSR count). The summed E-state index contributed by atoms with van der Waals surface area (Å²) in [7, 11) is 0. The van der Waals surface area contributed by atoms with Gasteiger partial charge in [0.2, 0.25) is 0 Å². The van der Waals surface area contributed by atoms with E-state index in [1.54, 1.807) is 0 Å². The second-order valence-corrected chi connectivity index (χ2v) is 9.28. The van der Waals surface area contributed by atoms with Crippen molar-refractivity contribution in [3.63, 3.8) is 0 Å². The monoisotopic (exact) mass is 454 g/mol. The summed E-state index contributed by atoms with van der Waals surface area (Å²) in [5, 5.41) is 13.2. The van der Waals surface area contributed by atoms with E-state index in [2.05, 4.69) is 58.2 Å². The van der Waals surface area contributed by atoms with Gasteiger partial charge in [-0.3, -0.25) is 14.7 Å². The molecule has 6 heteroatoms. The van der Waals surface area contributed by atoms with Gasteiger partial charge in [-0.25, -0.2) is 4.99 Å². The first-order chi connectivity index (χ1) is 16.6. The smallest absolute Gasteiger partial charge is 0.320 e. The van der Waals surface area contributed by atoms with Gasteiger partial charge >= 0.3 is 5.97 Å². The number of dihydropyridines is 1. The number of aliphatic imine (C=N–C) groups is 2. The summed E-state index contributed by atoms with van der Waals surface area (Å²) in [5.41, 5.74) is 5.89. The SMILES string of the molecule is Cc1c(NC2=NC=CC3C(CN4CCCCC4C(=O)O)=CC=NC23)cccc1C1=CC#CCC1. The maximum Gasteiger partial charge on any atom is 0.320 e. The lowest BCUT2D eigenvalue weighted by atomic mass is 9.86. The first kappa shape index (κ1) is 22.4. The Morgan fingerprint density at radius 2 is 2.24 bits per heavy atom. The van der Waals surface area contributed by atoms with Gasteiger partial charge in [0.05, 0.1) is 0 Å². The Labute approximate surface area is 200 Å². The van der Waals surface area contributed by atoms with E-state index in [1.165, 1.54) is 22.3 Å². The molecule has 174 valence electrons. The van der Waals surface area contributed by atoms with E-state index < -0.39 is 12.0 Å². The largest absolute Gasteiger partial charge is 0.480 e. The van der Waals surface area contributed by atoms with Crippen molar-refractivity contribution in [3.05, 3.63) is 59.3 Å². The molecule has 0 aromatic heterocycles. The second-order valence-electron chi connectivity index (χ2n) is 9.28. The summed E-state index contributed by atoms with van der Waals surface area (Å²) in [6.45, 7) is 3.60. The number of aliphatic carboxylic acids is 1. The Bertz CT molecular complexity index is 1190. The van der Waals surface area contributed by atoms with Gasteiger partial charge in [-0.1, -0.05) is 36.5 Å². The van der Waals surface area contributed by atoms with E-state index in [4.69, 9.17) is 4.99 Å². The number of likely N-dealkylation sites (tertiary alicyclic amines) is 1. The van der Waals surface area contributed by atoms with Gasteiger partial charge in [0.1, 0.15) is 17.9 Å². The van der Waals surface area contributed by atoms with Crippen LogP contribution >= 0.6 is 0 Å². The highest BCUT2D eigenvalue weighted by molar-refractivity contribution is 6.03. The number of nitrogens with one attached hydrogen (secondary N) is 1. The second kappa shape index (κ2) is 9.82. The molecule has 1 aliphatic carbocycles. The number of nitrogens with zero attached hydrogens (tertiary/aromatic N) is 3. The minimum absolute atomic E-state index is 0.0705. The Hall–Kier alpha value is -3.43. The molecule has 1 aromatic rings. The minimum Gasteiger partial charge on any atom is -0.480 e. The molecule has 0 radical (unpaired) electrons.